The molecule has 1 atom stereocenters. The van der Waals surface area contributed by atoms with Gasteiger partial charge < -0.3 is 5.73 Å². The molecule has 102 valence electrons. The molecule has 0 amide bonds. The smallest absolute Gasteiger partial charge is 0.148 e. The van der Waals surface area contributed by atoms with Gasteiger partial charge in [0.1, 0.15) is 17.2 Å². The number of benzene rings is 1. The number of hydrogen-bond acceptors (Lipinski definition) is 3. The molecule has 1 heterocycles. The largest absolute Gasteiger partial charge is 0.323 e. The van der Waals surface area contributed by atoms with E-state index in [9.17, 15) is 4.39 Å². The Morgan fingerprint density at radius 2 is 2.11 bits per heavy atom. The van der Waals surface area contributed by atoms with E-state index in [0.29, 0.717) is 12.1 Å². The predicted molar refractivity (Wildman–Crippen MR) is 72.7 cm³/mol. The molecule has 2 N–H and O–H groups in total. The van der Waals surface area contributed by atoms with E-state index in [0.717, 1.165) is 23.4 Å². The van der Waals surface area contributed by atoms with E-state index in [1.807, 2.05) is 20.8 Å². The second-order valence-electron chi connectivity index (χ2n) is 4.66. The zero-order valence-electron chi connectivity index (χ0n) is 11.5. The van der Waals surface area contributed by atoms with Crippen LogP contribution in [0, 0.1) is 12.7 Å². The third kappa shape index (κ3) is 2.51. The second kappa shape index (κ2) is 5.48. The quantitative estimate of drug-likeness (QED) is 0.921. The lowest BCUT2D eigenvalue weighted by atomic mass is 10.1. The molecule has 4 nitrogen and oxygen atoms in total. The molecular formula is C14H19FN4. The lowest BCUT2D eigenvalue weighted by Gasteiger charge is -2.10. The monoisotopic (exact) mass is 262 g/mol. The molecule has 2 rings (SSSR count). The lowest BCUT2D eigenvalue weighted by molar-refractivity contribution is 0.602. The lowest BCUT2D eigenvalue weighted by Crippen LogP contribution is -2.13. The zero-order chi connectivity index (χ0) is 14.0. The molecule has 1 aromatic carbocycles. The number of rotatable bonds is 4. The second-order valence-corrected chi connectivity index (χ2v) is 4.66. The first-order chi connectivity index (χ1) is 9.08. The number of aryl methyl sites for hydroxylation is 1. The van der Waals surface area contributed by atoms with Gasteiger partial charge in [-0.1, -0.05) is 25.1 Å². The normalized spacial score (nSPS) is 12.7. The van der Waals surface area contributed by atoms with Crippen LogP contribution in [0.1, 0.15) is 43.3 Å². The molecule has 5 heteroatoms. The van der Waals surface area contributed by atoms with Gasteiger partial charge >= 0.3 is 0 Å². The number of aromatic nitrogens is 3. The Morgan fingerprint density at radius 3 is 2.74 bits per heavy atom. The van der Waals surface area contributed by atoms with Gasteiger partial charge in [0.2, 0.25) is 0 Å². The molecule has 0 saturated carbocycles. The Hall–Kier alpha value is -1.75. The molecule has 0 fully saturated rings. The minimum absolute atomic E-state index is 0.156. The molecule has 0 radical (unpaired) electrons. The van der Waals surface area contributed by atoms with Crippen molar-refractivity contribution >= 4 is 0 Å². The number of hydrogen-bond donors (Lipinski definition) is 1. The molecule has 19 heavy (non-hydrogen) atoms. The van der Waals surface area contributed by atoms with Crippen LogP contribution in [0.4, 0.5) is 4.39 Å². The average molecular weight is 262 g/mol. The van der Waals surface area contributed by atoms with Gasteiger partial charge in [0.25, 0.3) is 0 Å². The van der Waals surface area contributed by atoms with Gasteiger partial charge in [-0.05, 0) is 37.5 Å². The van der Waals surface area contributed by atoms with E-state index < -0.39 is 0 Å². The van der Waals surface area contributed by atoms with Gasteiger partial charge in [0.05, 0.1) is 11.7 Å². The van der Waals surface area contributed by atoms with Crippen molar-refractivity contribution in [2.75, 3.05) is 0 Å². The molecular weight excluding hydrogens is 243 g/mol. The summed E-state index contributed by atoms with van der Waals surface area (Å²) in [7, 11) is 0. The van der Waals surface area contributed by atoms with Gasteiger partial charge in [0, 0.05) is 0 Å². The van der Waals surface area contributed by atoms with Crippen molar-refractivity contribution in [1.29, 1.82) is 0 Å². The maximum Gasteiger partial charge on any atom is 0.148 e. The Bertz CT molecular complexity index is 577. The number of nitrogens with two attached hydrogens (primary N) is 1. The summed E-state index contributed by atoms with van der Waals surface area (Å²) < 4.78 is 15.5. The van der Waals surface area contributed by atoms with Crippen LogP contribution in [0.15, 0.2) is 18.2 Å². The first-order valence-electron chi connectivity index (χ1n) is 6.55. The Morgan fingerprint density at radius 1 is 1.37 bits per heavy atom. The highest BCUT2D eigenvalue weighted by Crippen LogP contribution is 2.22. The summed E-state index contributed by atoms with van der Waals surface area (Å²) in [6.07, 6.45) is 1.49. The van der Waals surface area contributed by atoms with Gasteiger partial charge in [-0.3, -0.25) is 0 Å². The molecule has 0 aliphatic rings. The summed E-state index contributed by atoms with van der Waals surface area (Å²) in [5, 5.41) is 8.20. The fourth-order valence-corrected chi connectivity index (χ4v) is 2.10. The fraction of sp³-hybridized carbons (Fsp3) is 0.429. The summed E-state index contributed by atoms with van der Waals surface area (Å²) in [4.78, 5) is 0. The molecule has 0 aliphatic heterocycles. The zero-order valence-corrected chi connectivity index (χ0v) is 11.5. The Balaban J connectivity index is 2.56. The summed E-state index contributed by atoms with van der Waals surface area (Å²) in [5.74, 6) is -0.304. The van der Waals surface area contributed by atoms with Crippen molar-refractivity contribution in [2.24, 2.45) is 5.73 Å². The highest BCUT2D eigenvalue weighted by atomic mass is 19.1. The molecule has 2 aromatic rings. The van der Waals surface area contributed by atoms with E-state index >= 15 is 0 Å². The maximum absolute atomic E-state index is 13.9. The van der Waals surface area contributed by atoms with Gasteiger partial charge in [0.15, 0.2) is 0 Å². The fourth-order valence-electron chi connectivity index (χ4n) is 2.10. The van der Waals surface area contributed by atoms with Crippen LogP contribution in [-0.2, 0) is 6.42 Å². The minimum atomic E-state index is -0.304. The van der Waals surface area contributed by atoms with Gasteiger partial charge in [-0.15, -0.1) is 5.10 Å². The first kappa shape index (κ1) is 13.7. The highest BCUT2D eigenvalue weighted by molar-refractivity contribution is 5.38. The standard InChI is InChI=1S/C14H19FN4/c1-4-11(16)14-12(5-2)19(18-17-14)13-8-9(3)6-7-10(13)15/h6-8,11H,4-5,16H2,1-3H3. The molecule has 0 bridgehead atoms. The maximum atomic E-state index is 13.9. The SMILES string of the molecule is CCc1c(C(N)CC)nnn1-c1cc(C)ccc1F. The average Bonchev–Trinajstić information content (AvgIpc) is 2.84. The summed E-state index contributed by atoms with van der Waals surface area (Å²) in [5.41, 5.74) is 9.06. The van der Waals surface area contributed by atoms with Crippen LogP contribution in [0.2, 0.25) is 0 Å². The van der Waals surface area contributed by atoms with Crippen LogP contribution >= 0.6 is 0 Å². The third-order valence-corrected chi connectivity index (χ3v) is 3.25. The van der Waals surface area contributed by atoms with Crippen molar-refractivity contribution < 1.29 is 4.39 Å². The van der Waals surface area contributed by atoms with E-state index in [4.69, 9.17) is 5.73 Å². The first-order valence-corrected chi connectivity index (χ1v) is 6.55. The summed E-state index contributed by atoms with van der Waals surface area (Å²) in [6, 6.07) is 4.80. The molecule has 0 aliphatic carbocycles. The topological polar surface area (TPSA) is 56.7 Å². The van der Waals surface area contributed by atoms with Gasteiger partial charge in [-0.25, -0.2) is 9.07 Å². The van der Waals surface area contributed by atoms with E-state index in [-0.39, 0.29) is 11.9 Å². The molecule has 1 unspecified atom stereocenters. The third-order valence-electron chi connectivity index (χ3n) is 3.25. The van der Waals surface area contributed by atoms with Crippen LogP contribution in [0.5, 0.6) is 0 Å². The molecule has 1 aromatic heterocycles. The van der Waals surface area contributed by atoms with Crippen molar-refractivity contribution in [3.05, 3.63) is 41.0 Å². The van der Waals surface area contributed by atoms with Crippen molar-refractivity contribution in [1.82, 2.24) is 15.0 Å². The van der Waals surface area contributed by atoms with Crippen LogP contribution in [0.3, 0.4) is 0 Å². The van der Waals surface area contributed by atoms with E-state index in [1.165, 1.54) is 6.07 Å². The van der Waals surface area contributed by atoms with Crippen LogP contribution < -0.4 is 5.73 Å². The van der Waals surface area contributed by atoms with Crippen molar-refractivity contribution in [3.8, 4) is 5.69 Å². The van der Waals surface area contributed by atoms with E-state index in [2.05, 4.69) is 10.3 Å². The van der Waals surface area contributed by atoms with Crippen molar-refractivity contribution in [3.63, 3.8) is 0 Å². The Kier molecular flexibility index (Phi) is 3.95. The Labute approximate surface area is 112 Å². The number of nitrogens with zero attached hydrogens (tertiary/aromatic N) is 3. The van der Waals surface area contributed by atoms with E-state index in [1.54, 1.807) is 16.8 Å². The number of halogens is 1. The van der Waals surface area contributed by atoms with Gasteiger partial charge in [-0.2, -0.15) is 0 Å². The highest BCUT2D eigenvalue weighted by Gasteiger charge is 2.19. The predicted octanol–water partition coefficient (Wildman–Crippen LogP) is 2.69. The summed E-state index contributed by atoms with van der Waals surface area (Å²) >= 11 is 0. The summed E-state index contributed by atoms with van der Waals surface area (Å²) in [6.45, 7) is 5.91. The molecule has 0 spiro atoms. The van der Waals surface area contributed by atoms with Crippen LogP contribution in [-0.4, -0.2) is 15.0 Å². The van der Waals surface area contributed by atoms with Crippen LogP contribution in [0.25, 0.3) is 5.69 Å². The molecule has 0 saturated heterocycles. The minimum Gasteiger partial charge on any atom is -0.323 e. The van der Waals surface area contributed by atoms with Crippen molar-refractivity contribution in [2.45, 2.75) is 39.7 Å².